The van der Waals surface area contributed by atoms with Gasteiger partial charge in [0.1, 0.15) is 5.75 Å². The molecule has 1 amide bonds. The van der Waals surface area contributed by atoms with Gasteiger partial charge in [-0.1, -0.05) is 29.3 Å². The molecule has 0 spiro atoms. The summed E-state index contributed by atoms with van der Waals surface area (Å²) in [5, 5.41) is 3.93. The summed E-state index contributed by atoms with van der Waals surface area (Å²) in [6, 6.07) is 13.0. The Morgan fingerprint density at radius 3 is 2.63 bits per heavy atom. The number of carbonyl (C=O) groups is 1. The van der Waals surface area contributed by atoms with E-state index >= 15 is 0 Å². The Hall–Kier alpha value is -1.95. The van der Waals surface area contributed by atoms with Crippen LogP contribution in [0.2, 0.25) is 10.0 Å². The fourth-order valence-corrected chi connectivity index (χ4v) is 3.65. The normalized spacial score (nSPS) is 16.1. The molecule has 0 bridgehead atoms. The van der Waals surface area contributed by atoms with Crippen molar-refractivity contribution in [3.8, 4) is 5.75 Å². The number of carbonyl (C=O) groups excluding carboxylic acids is 1. The van der Waals surface area contributed by atoms with Gasteiger partial charge in [0.2, 0.25) is 0 Å². The number of piperazine rings is 1. The third-order valence-electron chi connectivity index (χ3n) is 5.02. The van der Waals surface area contributed by atoms with Gasteiger partial charge in [-0.05, 0) is 37.3 Å². The lowest BCUT2D eigenvalue weighted by Crippen LogP contribution is -3.19. The number of amides is 1. The second-order valence-electron chi connectivity index (χ2n) is 6.68. The molecule has 27 heavy (non-hydrogen) atoms. The first-order valence-corrected chi connectivity index (χ1v) is 9.73. The summed E-state index contributed by atoms with van der Waals surface area (Å²) < 4.78 is 5.31. The topological polar surface area (TPSA) is 46.0 Å². The molecule has 2 N–H and O–H groups in total. The maximum Gasteiger partial charge on any atom is 0.282 e. The molecule has 0 aromatic heterocycles. The van der Waals surface area contributed by atoms with Crippen LogP contribution in [0.5, 0.6) is 5.75 Å². The molecule has 0 aliphatic carbocycles. The Balaban J connectivity index is 1.58. The van der Waals surface area contributed by atoms with Crippen LogP contribution in [-0.2, 0) is 4.79 Å². The molecule has 1 fully saturated rings. The molecular weight excluding hydrogens is 385 g/mol. The Labute approximate surface area is 169 Å². The molecular formula is C20H24Cl2N3O2+. The minimum Gasteiger partial charge on any atom is -0.497 e. The Bertz CT molecular complexity index is 808. The van der Waals surface area contributed by atoms with Crippen molar-refractivity contribution in [3.63, 3.8) is 0 Å². The Morgan fingerprint density at radius 2 is 1.93 bits per heavy atom. The minimum atomic E-state index is -0.174. The van der Waals surface area contributed by atoms with Crippen LogP contribution in [0.25, 0.3) is 0 Å². The van der Waals surface area contributed by atoms with E-state index in [9.17, 15) is 4.79 Å². The van der Waals surface area contributed by atoms with Crippen molar-refractivity contribution in [1.82, 2.24) is 0 Å². The molecule has 0 unspecified atom stereocenters. The highest BCUT2D eigenvalue weighted by atomic mass is 35.5. The number of methoxy groups -OCH3 is 1. The van der Waals surface area contributed by atoms with E-state index in [1.165, 1.54) is 4.90 Å². The summed E-state index contributed by atoms with van der Waals surface area (Å²) >= 11 is 12.1. The second-order valence-corrected chi connectivity index (χ2v) is 7.53. The Morgan fingerprint density at radius 1 is 1.19 bits per heavy atom. The van der Waals surface area contributed by atoms with Crippen LogP contribution >= 0.6 is 23.2 Å². The van der Waals surface area contributed by atoms with Crippen LogP contribution in [0.15, 0.2) is 42.5 Å². The summed E-state index contributed by atoms with van der Waals surface area (Å²) in [4.78, 5) is 16.2. The number of ether oxygens (including phenoxy) is 1. The van der Waals surface area contributed by atoms with Crippen LogP contribution in [0.4, 0.5) is 11.4 Å². The molecule has 144 valence electrons. The molecule has 2 aromatic rings. The van der Waals surface area contributed by atoms with Crippen molar-refractivity contribution < 1.29 is 14.4 Å². The van der Waals surface area contributed by atoms with Gasteiger partial charge in [-0.3, -0.25) is 4.79 Å². The van der Waals surface area contributed by atoms with Crippen molar-refractivity contribution in [3.05, 3.63) is 52.5 Å². The van der Waals surface area contributed by atoms with E-state index in [0.29, 0.717) is 15.7 Å². The maximum atomic E-state index is 12.6. The van der Waals surface area contributed by atoms with Gasteiger partial charge in [0.25, 0.3) is 5.91 Å². The van der Waals surface area contributed by atoms with E-state index in [-0.39, 0.29) is 11.9 Å². The Kier molecular flexibility index (Phi) is 6.47. The number of nitrogens with one attached hydrogen (secondary N) is 2. The predicted octanol–water partition coefficient (Wildman–Crippen LogP) is 2.73. The summed E-state index contributed by atoms with van der Waals surface area (Å²) in [6.07, 6.45) is 0. The lowest BCUT2D eigenvalue weighted by molar-refractivity contribution is -0.914. The molecule has 1 aliphatic rings. The molecule has 7 heteroatoms. The molecule has 1 aliphatic heterocycles. The third kappa shape index (κ3) is 4.86. The number of quaternary nitrogens is 1. The number of halogens is 2. The minimum absolute atomic E-state index is 0.0519. The molecule has 0 radical (unpaired) electrons. The zero-order chi connectivity index (χ0) is 19.4. The number of benzene rings is 2. The van der Waals surface area contributed by atoms with Crippen molar-refractivity contribution in [2.75, 3.05) is 43.5 Å². The summed E-state index contributed by atoms with van der Waals surface area (Å²) in [6.45, 7) is 5.49. The van der Waals surface area contributed by atoms with Crippen LogP contribution < -0.4 is 19.9 Å². The van der Waals surface area contributed by atoms with Gasteiger partial charge in [0.15, 0.2) is 6.04 Å². The van der Waals surface area contributed by atoms with Crippen molar-refractivity contribution in [2.24, 2.45) is 0 Å². The van der Waals surface area contributed by atoms with Gasteiger partial charge in [-0.15, -0.1) is 0 Å². The van der Waals surface area contributed by atoms with E-state index < -0.39 is 0 Å². The second kappa shape index (κ2) is 8.83. The highest BCUT2D eigenvalue weighted by Crippen LogP contribution is 2.25. The fraction of sp³-hybridized carbons (Fsp3) is 0.350. The number of anilines is 2. The maximum absolute atomic E-state index is 12.6. The number of rotatable bonds is 5. The van der Waals surface area contributed by atoms with E-state index in [1.807, 2.05) is 25.1 Å². The van der Waals surface area contributed by atoms with Gasteiger partial charge in [-0.2, -0.15) is 0 Å². The quantitative estimate of drug-likeness (QED) is 0.799. The predicted molar refractivity (Wildman–Crippen MR) is 110 cm³/mol. The number of hydrogen-bond donors (Lipinski definition) is 2. The first-order chi connectivity index (χ1) is 13.0. The highest BCUT2D eigenvalue weighted by Gasteiger charge is 2.29. The van der Waals surface area contributed by atoms with Gasteiger partial charge in [0, 0.05) is 16.8 Å². The summed E-state index contributed by atoms with van der Waals surface area (Å²) in [7, 11) is 1.67. The van der Waals surface area contributed by atoms with E-state index in [1.54, 1.807) is 25.3 Å². The highest BCUT2D eigenvalue weighted by molar-refractivity contribution is 6.35. The van der Waals surface area contributed by atoms with Gasteiger partial charge in [0.05, 0.1) is 44.0 Å². The van der Waals surface area contributed by atoms with E-state index in [4.69, 9.17) is 27.9 Å². The zero-order valence-electron chi connectivity index (χ0n) is 15.5. The standard InChI is InChI=1S/C20H23Cl2N3O2/c1-14(20(26)23-19-12-15(21)6-7-18(19)22)24-8-10-25(11-9-24)16-4-3-5-17(13-16)27-2/h3-7,12-14H,8-11H2,1-2H3,(H,23,26)/p+1/t14-/m0/s1. The lowest BCUT2D eigenvalue weighted by atomic mass is 10.2. The van der Waals surface area contributed by atoms with Crippen LogP contribution in [-0.4, -0.2) is 45.2 Å². The molecule has 3 rings (SSSR count). The first kappa shape index (κ1) is 19.8. The molecule has 1 heterocycles. The van der Waals surface area contributed by atoms with Gasteiger partial charge in [-0.25, -0.2) is 0 Å². The van der Waals surface area contributed by atoms with Crippen LogP contribution in [0, 0.1) is 0 Å². The molecule has 1 saturated heterocycles. The average Bonchev–Trinajstić information content (AvgIpc) is 2.70. The van der Waals surface area contributed by atoms with Gasteiger partial charge < -0.3 is 19.9 Å². The average molecular weight is 409 g/mol. The lowest BCUT2D eigenvalue weighted by Gasteiger charge is -2.36. The van der Waals surface area contributed by atoms with E-state index in [2.05, 4.69) is 16.3 Å². The van der Waals surface area contributed by atoms with Crippen molar-refractivity contribution in [2.45, 2.75) is 13.0 Å². The number of nitrogens with zero attached hydrogens (tertiary/aromatic N) is 1. The van der Waals surface area contributed by atoms with Crippen LogP contribution in [0.3, 0.4) is 0 Å². The van der Waals surface area contributed by atoms with Gasteiger partial charge >= 0.3 is 0 Å². The molecule has 5 nitrogen and oxygen atoms in total. The molecule has 0 saturated carbocycles. The van der Waals surface area contributed by atoms with Crippen molar-refractivity contribution in [1.29, 1.82) is 0 Å². The third-order valence-corrected chi connectivity index (χ3v) is 5.58. The summed E-state index contributed by atoms with van der Waals surface area (Å²) in [5.41, 5.74) is 1.70. The summed E-state index contributed by atoms with van der Waals surface area (Å²) in [5.74, 6) is 0.803. The molecule has 1 atom stereocenters. The first-order valence-electron chi connectivity index (χ1n) is 8.97. The van der Waals surface area contributed by atoms with E-state index in [0.717, 1.165) is 37.6 Å². The monoisotopic (exact) mass is 408 g/mol. The van der Waals surface area contributed by atoms with Crippen molar-refractivity contribution >= 4 is 40.5 Å². The smallest absolute Gasteiger partial charge is 0.282 e. The number of hydrogen-bond acceptors (Lipinski definition) is 3. The van der Waals surface area contributed by atoms with Crippen LogP contribution in [0.1, 0.15) is 6.92 Å². The zero-order valence-corrected chi connectivity index (χ0v) is 17.0. The largest absolute Gasteiger partial charge is 0.497 e. The SMILES string of the molecule is COc1cccc(N2CC[NH+]([C@@H](C)C(=O)Nc3cc(Cl)ccc3Cl)CC2)c1. The fourth-order valence-electron chi connectivity index (χ4n) is 3.31. The molecule has 2 aromatic carbocycles.